The van der Waals surface area contributed by atoms with E-state index in [4.69, 9.17) is 0 Å². The van der Waals surface area contributed by atoms with Crippen molar-refractivity contribution >= 4 is 17.9 Å². The van der Waals surface area contributed by atoms with Crippen LogP contribution in [-0.2, 0) is 5.67 Å². The Morgan fingerprint density at radius 2 is 1.69 bits per heavy atom. The Labute approximate surface area is 203 Å². The molecule has 6 nitrogen and oxygen atoms in total. The number of aromatic nitrogens is 3. The van der Waals surface area contributed by atoms with Gasteiger partial charge in [0.25, 0.3) is 5.91 Å². The number of nitrogens with zero attached hydrogens (tertiary/aromatic N) is 3. The highest BCUT2D eigenvalue weighted by Crippen LogP contribution is 2.31. The summed E-state index contributed by atoms with van der Waals surface area (Å²) < 4.78 is 14.3. The number of pyridine rings is 3. The average Bonchev–Trinajstić information content (AvgIpc) is 2.85. The Morgan fingerprint density at radius 3 is 2.43 bits per heavy atom. The molecule has 3 aromatic heterocycles. The van der Waals surface area contributed by atoms with E-state index in [0.29, 0.717) is 23.2 Å². The quantitative estimate of drug-likeness (QED) is 0.346. The van der Waals surface area contributed by atoms with Gasteiger partial charge in [-0.25, -0.2) is 4.39 Å². The van der Waals surface area contributed by atoms with Gasteiger partial charge in [-0.15, -0.1) is 0 Å². The van der Waals surface area contributed by atoms with E-state index in [0.717, 1.165) is 33.5 Å². The number of halogens is 1. The minimum absolute atomic E-state index is 0.196. The number of anilines is 1. The fourth-order valence-corrected chi connectivity index (χ4v) is 3.76. The third kappa shape index (κ3) is 5.30. The molecule has 7 heteroatoms. The average molecular weight is 469 g/mol. The Bertz CT molecular complexity index is 1430. The van der Waals surface area contributed by atoms with Gasteiger partial charge in [-0.1, -0.05) is 6.07 Å². The maximum absolute atomic E-state index is 14.3. The molecule has 4 rings (SSSR count). The largest absolute Gasteiger partial charge is 0.322 e. The number of nitrogens with one attached hydrogen (secondary N) is 1. The first-order valence-corrected chi connectivity index (χ1v) is 11.1. The molecular formula is C28H25FN4O2. The van der Waals surface area contributed by atoms with Crippen molar-refractivity contribution in [2.45, 2.75) is 33.4 Å². The molecule has 0 unspecified atom stereocenters. The molecule has 4 aromatic rings. The normalized spacial score (nSPS) is 11.2. The molecule has 0 radical (unpaired) electrons. The van der Waals surface area contributed by atoms with Crippen LogP contribution < -0.4 is 5.32 Å². The summed E-state index contributed by atoms with van der Waals surface area (Å²) in [5.41, 5.74) is 5.16. The van der Waals surface area contributed by atoms with E-state index in [2.05, 4.69) is 20.3 Å². The molecule has 35 heavy (non-hydrogen) atoms. The number of amides is 1. The van der Waals surface area contributed by atoms with E-state index in [-0.39, 0.29) is 11.6 Å². The van der Waals surface area contributed by atoms with Crippen molar-refractivity contribution in [1.82, 2.24) is 15.0 Å². The van der Waals surface area contributed by atoms with E-state index in [9.17, 15) is 14.0 Å². The molecule has 0 atom stereocenters. The second kappa shape index (κ2) is 9.54. The number of hydrogen-bond donors (Lipinski definition) is 1. The van der Waals surface area contributed by atoms with Gasteiger partial charge in [0.1, 0.15) is 11.4 Å². The minimum atomic E-state index is -1.65. The lowest BCUT2D eigenvalue weighted by atomic mass is 9.96. The van der Waals surface area contributed by atoms with Crippen LogP contribution in [0, 0.1) is 13.8 Å². The first-order chi connectivity index (χ1) is 16.7. The van der Waals surface area contributed by atoms with E-state index < -0.39 is 5.67 Å². The third-order valence-corrected chi connectivity index (χ3v) is 5.74. The summed E-state index contributed by atoms with van der Waals surface area (Å²) in [7, 11) is 0. The molecule has 0 saturated heterocycles. The first-order valence-electron chi connectivity index (χ1n) is 11.1. The van der Waals surface area contributed by atoms with Crippen LogP contribution in [-0.4, -0.2) is 27.1 Å². The van der Waals surface area contributed by atoms with Crippen molar-refractivity contribution in [1.29, 1.82) is 0 Å². The number of hydrogen-bond acceptors (Lipinski definition) is 5. The lowest BCUT2D eigenvalue weighted by Crippen LogP contribution is -2.16. The van der Waals surface area contributed by atoms with Gasteiger partial charge < -0.3 is 5.32 Å². The highest BCUT2D eigenvalue weighted by Gasteiger charge is 2.22. The summed E-state index contributed by atoms with van der Waals surface area (Å²) in [5.74, 6) is -0.353. The number of rotatable bonds is 6. The van der Waals surface area contributed by atoms with E-state index in [1.807, 2.05) is 44.2 Å². The second-order valence-corrected chi connectivity index (χ2v) is 8.83. The monoisotopic (exact) mass is 468 g/mol. The molecular weight excluding hydrogens is 443 g/mol. The van der Waals surface area contributed by atoms with Crippen molar-refractivity contribution in [3.63, 3.8) is 0 Å². The van der Waals surface area contributed by atoms with Gasteiger partial charge in [-0.3, -0.25) is 24.5 Å². The van der Waals surface area contributed by atoms with Crippen LogP contribution in [0.4, 0.5) is 10.1 Å². The lowest BCUT2D eigenvalue weighted by Gasteiger charge is -2.15. The van der Waals surface area contributed by atoms with Crippen molar-refractivity contribution in [3.8, 4) is 22.3 Å². The highest BCUT2D eigenvalue weighted by atomic mass is 19.1. The summed E-state index contributed by atoms with van der Waals surface area (Å²) in [6.07, 6.45) is 5.53. The van der Waals surface area contributed by atoms with Crippen molar-refractivity contribution in [2.75, 3.05) is 5.32 Å². The summed E-state index contributed by atoms with van der Waals surface area (Å²) >= 11 is 0. The molecule has 1 N–H and O–H groups in total. The van der Waals surface area contributed by atoms with Gasteiger partial charge in [-0.2, -0.15) is 0 Å². The first kappa shape index (κ1) is 23.9. The van der Waals surface area contributed by atoms with Gasteiger partial charge in [0.15, 0.2) is 6.29 Å². The predicted octanol–water partition coefficient (Wildman–Crippen LogP) is 6.09. The molecule has 0 aliphatic carbocycles. The molecule has 176 valence electrons. The Balaban J connectivity index is 1.66. The van der Waals surface area contributed by atoms with Gasteiger partial charge in [0.2, 0.25) is 0 Å². The maximum atomic E-state index is 14.3. The number of carbonyl (C=O) groups is 2. The zero-order chi connectivity index (χ0) is 25.2. The minimum Gasteiger partial charge on any atom is -0.322 e. The fraction of sp³-hybridized carbons (Fsp3) is 0.179. The van der Waals surface area contributed by atoms with Gasteiger partial charge in [-0.05, 0) is 86.8 Å². The van der Waals surface area contributed by atoms with E-state index in [1.54, 1.807) is 24.5 Å². The zero-order valence-electron chi connectivity index (χ0n) is 20.0. The lowest BCUT2D eigenvalue weighted by molar-refractivity contribution is 0.102. The Morgan fingerprint density at radius 1 is 0.914 bits per heavy atom. The topological polar surface area (TPSA) is 84.8 Å². The third-order valence-electron chi connectivity index (χ3n) is 5.74. The van der Waals surface area contributed by atoms with Crippen molar-refractivity contribution in [2.24, 2.45) is 0 Å². The zero-order valence-corrected chi connectivity index (χ0v) is 20.0. The number of alkyl halides is 1. The Kier molecular flexibility index (Phi) is 6.51. The standard InChI is InChI=1S/C28H25FN4O2/c1-17-5-6-22(33-27(35)20-8-10-31-26(13-20)28(3,4)29)14-24(17)21-12-25(18(2)32-15-21)19-7-9-30-23(11-19)16-34/h5-16H,1-4H3,(H,33,35). The van der Waals surface area contributed by atoms with Crippen LogP contribution >= 0.6 is 0 Å². The van der Waals surface area contributed by atoms with Crippen molar-refractivity contribution in [3.05, 3.63) is 95.3 Å². The molecule has 3 heterocycles. The molecule has 0 fully saturated rings. The smallest absolute Gasteiger partial charge is 0.255 e. The molecule has 1 amide bonds. The molecule has 0 bridgehead atoms. The number of benzene rings is 1. The van der Waals surface area contributed by atoms with Crippen LogP contribution in [0.25, 0.3) is 22.3 Å². The predicted molar refractivity (Wildman–Crippen MR) is 134 cm³/mol. The van der Waals surface area contributed by atoms with Crippen LogP contribution in [0.1, 0.15) is 51.6 Å². The van der Waals surface area contributed by atoms with E-state index >= 15 is 0 Å². The van der Waals surface area contributed by atoms with Gasteiger partial charge >= 0.3 is 0 Å². The maximum Gasteiger partial charge on any atom is 0.255 e. The highest BCUT2D eigenvalue weighted by molar-refractivity contribution is 6.04. The van der Waals surface area contributed by atoms with Crippen LogP contribution in [0.2, 0.25) is 0 Å². The fourth-order valence-electron chi connectivity index (χ4n) is 3.76. The summed E-state index contributed by atoms with van der Waals surface area (Å²) in [4.78, 5) is 36.7. The second-order valence-electron chi connectivity index (χ2n) is 8.83. The SMILES string of the molecule is Cc1ccc(NC(=O)c2ccnc(C(C)(C)F)c2)cc1-c1cnc(C)c(-c2ccnc(C=O)c2)c1. The van der Waals surface area contributed by atoms with Crippen molar-refractivity contribution < 1.29 is 14.0 Å². The molecule has 0 aliphatic heterocycles. The van der Waals surface area contributed by atoms with Crippen LogP contribution in [0.3, 0.4) is 0 Å². The van der Waals surface area contributed by atoms with E-state index in [1.165, 1.54) is 26.1 Å². The molecule has 0 spiro atoms. The summed E-state index contributed by atoms with van der Waals surface area (Å²) in [6, 6.07) is 14.2. The summed E-state index contributed by atoms with van der Waals surface area (Å²) in [6.45, 7) is 6.69. The van der Waals surface area contributed by atoms with Gasteiger partial charge in [0.05, 0.1) is 5.69 Å². The number of aryl methyl sites for hydroxylation is 2. The molecule has 0 aliphatic rings. The Hall–Kier alpha value is -4.26. The van der Waals surface area contributed by atoms with Gasteiger partial charge in [0, 0.05) is 46.7 Å². The number of carbonyl (C=O) groups excluding carboxylic acids is 2. The van der Waals surface area contributed by atoms with Crippen LogP contribution in [0.5, 0.6) is 0 Å². The molecule has 1 aromatic carbocycles. The van der Waals surface area contributed by atoms with Crippen LogP contribution in [0.15, 0.2) is 67.1 Å². The number of aldehydes is 1. The summed E-state index contributed by atoms with van der Waals surface area (Å²) in [5, 5.41) is 2.89. The molecule has 0 saturated carbocycles.